The first-order chi connectivity index (χ1) is 13.0. The third-order valence-corrected chi connectivity index (χ3v) is 6.79. The number of halogens is 1. The highest BCUT2D eigenvalue weighted by atomic mass is 35.5. The summed E-state index contributed by atoms with van der Waals surface area (Å²) in [5.41, 5.74) is 2.03. The molecule has 1 aliphatic rings. The minimum absolute atomic E-state index is 0.0410. The Labute approximate surface area is 171 Å². The van der Waals surface area contributed by atoms with Crippen molar-refractivity contribution in [1.29, 1.82) is 0 Å². The average molecular weight is 421 g/mol. The van der Waals surface area contributed by atoms with Crippen LogP contribution in [0.25, 0.3) is 0 Å². The molecule has 0 saturated carbocycles. The molecule has 0 saturated heterocycles. The van der Waals surface area contributed by atoms with Crippen molar-refractivity contribution in [2.24, 2.45) is 5.92 Å². The predicted molar refractivity (Wildman–Crippen MR) is 112 cm³/mol. The van der Waals surface area contributed by atoms with Crippen LogP contribution in [0.5, 0.6) is 0 Å². The van der Waals surface area contributed by atoms with Crippen LogP contribution in [0.2, 0.25) is 5.02 Å². The van der Waals surface area contributed by atoms with Gasteiger partial charge in [0, 0.05) is 35.1 Å². The van der Waals surface area contributed by atoms with Gasteiger partial charge in [-0.2, -0.15) is 0 Å². The molecular formula is C21H25ClN2O3S. The van der Waals surface area contributed by atoms with Crippen LogP contribution in [0.3, 0.4) is 0 Å². The number of carbonyl (C=O) groups is 1. The van der Waals surface area contributed by atoms with Crippen molar-refractivity contribution in [3.05, 3.63) is 58.6 Å². The molecule has 0 aliphatic carbocycles. The van der Waals surface area contributed by atoms with E-state index in [0.717, 1.165) is 11.3 Å². The van der Waals surface area contributed by atoms with Gasteiger partial charge in [-0.05, 0) is 35.4 Å². The third kappa shape index (κ3) is 3.95. The summed E-state index contributed by atoms with van der Waals surface area (Å²) in [5.74, 6) is -0.0817. The monoisotopic (exact) mass is 420 g/mol. The molecule has 1 aliphatic heterocycles. The molecule has 1 N–H and O–H groups in total. The first-order valence-corrected chi connectivity index (χ1v) is 11.1. The van der Waals surface area contributed by atoms with E-state index < -0.39 is 10.0 Å². The molecule has 0 spiro atoms. The summed E-state index contributed by atoms with van der Waals surface area (Å²) in [6.45, 7) is 8.42. The summed E-state index contributed by atoms with van der Waals surface area (Å²) < 4.78 is 28.2. The number of benzene rings is 2. The Kier molecular flexibility index (Phi) is 5.58. The Hall–Kier alpha value is -1.89. The second-order valence-electron chi connectivity index (χ2n) is 8.06. The zero-order valence-electron chi connectivity index (χ0n) is 16.5. The fourth-order valence-corrected chi connectivity index (χ4v) is 4.67. The van der Waals surface area contributed by atoms with Crippen LogP contribution < -0.4 is 9.62 Å². The normalized spacial score (nSPS) is 15.7. The third-order valence-electron chi connectivity index (χ3n) is 5.02. The number of carbonyl (C=O) groups excluding carboxylic acids is 1. The summed E-state index contributed by atoms with van der Waals surface area (Å²) in [6.07, 6.45) is 0. The second-order valence-corrected chi connectivity index (χ2v) is 10.2. The fourth-order valence-electron chi connectivity index (χ4n) is 3.43. The molecule has 2 aromatic rings. The van der Waals surface area contributed by atoms with E-state index in [-0.39, 0.29) is 28.7 Å². The number of rotatable bonds is 5. The van der Waals surface area contributed by atoms with Crippen LogP contribution in [0.4, 0.5) is 5.69 Å². The fraction of sp³-hybridized carbons (Fsp3) is 0.381. The van der Waals surface area contributed by atoms with Crippen molar-refractivity contribution < 1.29 is 13.2 Å². The smallest absolute Gasteiger partial charge is 0.240 e. The van der Waals surface area contributed by atoms with E-state index in [1.165, 1.54) is 0 Å². The van der Waals surface area contributed by atoms with E-state index in [2.05, 4.69) is 4.72 Å². The lowest BCUT2D eigenvalue weighted by atomic mass is 9.87. The van der Waals surface area contributed by atoms with E-state index in [1.807, 2.05) is 33.8 Å². The van der Waals surface area contributed by atoms with E-state index in [1.54, 1.807) is 41.3 Å². The number of anilines is 1. The summed E-state index contributed by atoms with van der Waals surface area (Å²) >= 11 is 6.11. The Bertz CT molecular complexity index is 1020. The molecule has 5 nitrogen and oxygen atoms in total. The van der Waals surface area contributed by atoms with Crippen LogP contribution in [-0.2, 0) is 26.8 Å². The molecule has 0 fully saturated rings. The molecule has 0 radical (unpaired) electrons. The van der Waals surface area contributed by atoms with Crippen molar-refractivity contribution in [2.75, 3.05) is 11.4 Å². The highest BCUT2D eigenvalue weighted by Crippen LogP contribution is 2.42. The minimum atomic E-state index is -3.71. The van der Waals surface area contributed by atoms with Gasteiger partial charge in [-0.3, -0.25) is 4.79 Å². The van der Waals surface area contributed by atoms with Gasteiger partial charge in [-0.25, -0.2) is 13.1 Å². The maximum atomic E-state index is 12.8. The summed E-state index contributed by atoms with van der Waals surface area (Å²) in [4.78, 5) is 14.5. The molecule has 0 bridgehead atoms. The number of nitrogens with one attached hydrogen (secondary N) is 1. The summed E-state index contributed by atoms with van der Waals surface area (Å²) in [5, 5.41) is 0.517. The lowest BCUT2D eigenvalue weighted by molar-refractivity contribution is -0.121. The van der Waals surface area contributed by atoms with Gasteiger partial charge >= 0.3 is 0 Å². The molecule has 0 atom stereocenters. The van der Waals surface area contributed by atoms with Gasteiger partial charge in [0.15, 0.2) is 0 Å². The van der Waals surface area contributed by atoms with Gasteiger partial charge in [0.25, 0.3) is 0 Å². The number of hydrogen-bond acceptors (Lipinski definition) is 3. The summed E-state index contributed by atoms with van der Waals surface area (Å²) in [7, 11) is -3.71. The molecule has 1 amide bonds. The Morgan fingerprint density at radius 2 is 1.89 bits per heavy atom. The molecule has 28 heavy (non-hydrogen) atoms. The minimum Gasteiger partial charge on any atom is -0.311 e. The molecular weight excluding hydrogens is 396 g/mol. The Morgan fingerprint density at radius 3 is 2.54 bits per heavy atom. The first-order valence-electron chi connectivity index (χ1n) is 9.22. The zero-order chi connectivity index (χ0) is 20.7. The second kappa shape index (κ2) is 7.50. The molecule has 0 unspecified atom stereocenters. The van der Waals surface area contributed by atoms with Gasteiger partial charge in [0.2, 0.25) is 15.9 Å². The van der Waals surface area contributed by atoms with Crippen LogP contribution in [0, 0.1) is 5.92 Å². The largest absolute Gasteiger partial charge is 0.311 e. The SMILES string of the molecule is CC(C)C(=O)N1CC(C)(C)c2cc(S(=O)(=O)NCc3ccccc3Cl)ccc21. The number of amides is 1. The number of sulfonamides is 1. The van der Waals surface area contributed by atoms with Crippen molar-refractivity contribution in [3.8, 4) is 0 Å². The van der Waals surface area contributed by atoms with E-state index in [0.29, 0.717) is 17.1 Å². The van der Waals surface area contributed by atoms with Crippen LogP contribution >= 0.6 is 11.6 Å². The van der Waals surface area contributed by atoms with Gasteiger partial charge < -0.3 is 4.90 Å². The van der Waals surface area contributed by atoms with Gasteiger partial charge in [-0.15, -0.1) is 0 Å². The predicted octanol–water partition coefficient (Wildman–Crippen LogP) is 4.10. The maximum absolute atomic E-state index is 12.8. The highest BCUT2D eigenvalue weighted by Gasteiger charge is 2.39. The number of hydrogen-bond donors (Lipinski definition) is 1. The zero-order valence-corrected chi connectivity index (χ0v) is 18.1. The lowest BCUT2D eigenvalue weighted by Crippen LogP contribution is -2.36. The Balaban J connectivity index is 1.90. The lowest BCUT2D eigenvalue weighted by Gasteiger charge is -2.22. The quantitative estimate of drug-likeness (QED) is 0.791. The molecule has 7 heteroatoms. The standard InChI is InChI=1S/C21H25ClN2O3S/c1-14(2)20(25)24-13-21(3,4)17-11-16(9-10-19(17)24)28(26,27)23-12-15-7-5-6-8-18(15)22/h5-11,14,23H,12-13H2,1-4H3. The van der Waals surface area contributed by atoms with E-state index >= 15 is 0 Å². The van der Waals surface area contributed by atoms with Crippen LogP contribution in [-0.4, -0.2) is 20.9 Å². The van der Waals surface area contributed by atoms with Gasteiger partial charge in [-0.1, -0.05) is 57.5 Å². The Morgan fingerprint density at radius 1 is 1.21 bits per heavy atom. The van der Waals surface area contributed by atoms with Crippen molar-refractivity contribution >= 4 is 33.2 Å². The van der Waals surface area contributed by atoms with E-state index in [4.69, 9.17) is 11.6 Å². The molecule has 2 aromatic carbocycles. The highest BCUT2D eigenvalue weighted by molar-refractivity contribution is 7.89. The molecule has 1 heterocycles. The van der Waals surface area contributed by atoms with Crippen LogP contribution in [0.15, 0.2) is 47.4 Å². The first kappa shape index (κ1) is 20.8. The van der Waals surface area contributed by atoms with Gasteiger partial charge in [0.1, 0.15) is 0 Å². The topological polar surface area (TPSA) is 66.5 Å². The van der Waals surface area contributed by atoms with Crippen molar-refractivity contribution in [2.45, 2.75) is 44.6 Å². The molecule has 150 valence electrons. The summed E-state index contributed by atoms with van der Waals surface area (Å²) in [6, 6.07) is 12.1. The van der Waals surface area contributed by atoms with Crippen LogP contribution in [0.1, 0.15) is 38.8 Å². The van der Waals surface area contributed by atoms with Gasteiger partial charge in [0.05, 0.1) is 4.90 Å². The number of nitrogens with zero attached hydrogens (tertiary/aromatic N) is 1. The van der Waals surface area contributed by atoms with Crippen molar-refractivity contribution in [3.63, 3.8) is 0 Å². The molecule has 3 rings (SSSR count). The molecule has 0 aromatic heterocycles. The average Bonchev–Trinajstić information content (AvgIpc) is 2.91. The van der Waals surface area contributed by atoms with E-state index in [9.17, 15) is 13.2 Å². The number of fused-ring (bicyclic) bond motifs is 1. The maximum Gasteiger partial charge on any atom is 0.240 e. The van der Waals surface area contributed by atoms with Crippen molar-refractivity contribution in [1.82, 2.24) is 4.72 Å².